The zero-order valence-electron chi connectivity index (χ0n) is 12.0. The first-order chi connectivity index (χ1) is 10.7. The van der Waals surface area contributed by atoms with Crippen molar-refractivity contribution in [1.82, 2.24) is 4.98 Å². The summed E-state index contributed by atoms with van der Waals surface area (Å²) in [4.78, 5) is 17.8. The smallest absolute Gasteiger partial charge is 0.257 e. The van der Waals surface area contributed by atoms with Gasteiger partial charge in [-0.05, 0) is 30.3 Å². The maximum Gasteiger partial charge on any atom is 0.257 e. The Morgan fingerprint density at radius 1 is 1.27 bits per heavy atom. The normalized spacial score (nSPS) is 14.7. The van der Waals surface area contributed by atoms with Gasteiger partial charge in [0.25, 0.3) is 5.91 Å². The zero-order valence-corrected chi connectivity index (χ0v) is 12.0. The number of halogens is 1. The van der Waals surface area contributed by atoms with Crippen LogP contribution in [-0.4, -0.2) is 37.2 Å². The number of pyridine rings is 1. The molecule has 1 aliphatic rings. The van der Waals surface area contributed by atoms with E-state index < -0.39 is 0 Å². The molecule has 3 rings (SSSR count). The van der Waals surface area contributed by atoms with Gasteiger partial charge in [-0.25, -0.2) is 4.39 Å². The molecule has 22 heavy (non-hydrogen) atoms. The number of nitrogens with one attached hydrogen (secondary N) is 1. The van der Waals surface area contributed by atoms with Gasteiger partial charge < -0.3 is 15.0 Å². The summed E-state index contributed by atoms with van der Waals surface area (Å²) in [5.41, 5.74) is 1.38. The number of anilines is 2. The Morgan fingerprint density at radius 2 is 2.09 bits per heavy atom. The molecular formula is C16H16FN3O2. The number of ether oxygens (including phenoxy) is 1. The number of carbonyl (C=O) groups is 1. The second-order valence-corrected chi connectivity index (χ2v) is 4.96. The average molecular weight is 301 g/mol. The molecule has 1 aliphatic heterocycles. The lowest BCUT2D eigenvalue weighted by atomic mass is 10.2. The molecule has 0 aliphatic carbocycles. The van der Waals surface area contributed by atoms with Crippen LogP contribution >= 0.6 is 0 Å². The van der Waals surface area contributed by atoms with Crippen LogP contribution in [0.15, 0.2) is 42.7 Å². The Balaban J connectivity index is 1.73. The Labute approximate surface area is 127 Å². The molecule has 0 saturated carbocycles. The van der Waals surface area contributed by atoms with E-state index in [1.54, 1.807) is 30.5 Å². The van der Waals surface area contributed by atoms with Crippen LogP contribution in [0.2, 0.25) is 0 Å². The van der Waals surface area contributed by atoms with E-state index in [0.29, 0.717) is 43.2 Å². The molecule has 0 atom stereocenters. The molecule has 5 nitrogen and oxygen atoms in total. The predicted molar refractivity (Wildman–Crippen MR) is 81.6 cm³/mol. The van der Waals surface area contributed by atoms with E-state index in [9.17, 15) is 9.18 Å². The Bertz CT molecular complexity index is 658. The number of nitrogens with zero attached hydrogens (tertiary/aromatic N) is 2. The molecule has 2 heterocycles. The van der Waals surface area contributed by atoms with Gasteiger partial charge in [0, 0.05) is 31.2 Å². The van der Waals surface area contributed by atoms with Crippen molar-refractivity contribution in [1.29, 1.82) is 0 Å². The summed E-state index contributed by atoms with van der Waals surface area (Å²) in [6.07, 6.45) is 3.06. The molecule has 1 N–H and O–H groups in total. The van der Waals surface area contributed by atoms with E-state index in [-0.39, 0.29) is 11.7 Å². The standard InChI is InChI=1S/C16H16FN3O2/c17-14-10-13(19-16(21)12-2-1-5-18-11-12)3-4-15(14)20-6-8-22-9-7-20/h1-5,10-11H,6-9H2,(H,19,21). The third-order valence-electron chi connectivity index (χ3n) is 3.48. The summed E-state index contributed by atoms with van der Waals surface area (Å²) in [5, 5.41) is 2.67. The van der Waals surface area contributed by atoms with Crippen molar-refractivity contribution in [3.05, 3.63) is 54.1 Å². The maximum atomic E-state index is 14.2. The molecule has 0 spiro atoms. The fourth-order valence-corrected chi connectivity index (χ4v) is 2.35. The third-order valence-corrected chi connectivity index (χ3v) is 3.48. The largest absolute Gasteiger partial charge is 0.378 e. The molecule has 1 amide bonds. The van der Waals surface area contributed by atoms with Gasteiger partial charge in [-0.3, -0.25) is 9.78 Å². The molecule has 0 unspecified atom stereocenters. The van der Waals surface area contributed by atoms with E-state index >= 15 is 0 Å². The van der Waals surface area contributed by atoms with Gasteiger partial charge in [0.05, 0.1) is 24.5 Å². The highest BCUT2D eigenvalue weighted by atomic mass is 19.1. The zero-order chi connectivity index (χ0) is 15.4. The number of aromatic nitrogens is 1. The van der Waals surface area contributed by atoms with Crippen LogP contribution < -0.4 is 10.2 Å². The Kier molecular flexibility index (Phi) is 4.29. The highest BCUT2D eigenvalue weighted by Gasteiger charge is 2.16. The summed E-state index contributed by atoms with van der Waals surface area (Å²) >= 11 is 0. The number of hydrogen-bond acceptors (Lipinski definition) is 4. The Hall–Kier alpha value is -2.47. The number of carbonyl (C=O) groups excluding carboxylic acids is 1. The fraction of sp³-hybridized carbons (Fsp3) is 0.250. The Morgan fingerprint density at radius 3 is 2.77 bits per heavy atom. The minimum Gasteiger partial charge on any atom is -0.378 e. The van der Waals surface area contributed by atoms with Crippen molar-refractivity contribution in [2.45, 2.75) is 0 Å². The lowest BCUT2D eigenvalue weighted by Gasteiger charge is -2.29. The van der Waals surface area contributed by atoms with Crippen LogP contribution in [0.25, 0.3) is 0 Å². The first-order valence-electron chi connectivity index (χ1n) is 7.07. The SMILES string of the molecule is O=C(Nc1ccc(N2CCOCC2)c(F)c1)c1cccnc1. The van der Waals surface area contributed by atoms with Crippen LogP contribution in [0.1, 0.15) is 10.4 Å². The van der Waals surface area contributed by atoms with E-state index in [4.69, 9.17) is 4.74 Å². The van der Waals surface area contributed by atoms with Gasteiger partial charge in [0.2, 0.25) is 0 Å². The van der Waals surface area contributed by atoms with Crippen molar-refractivity contribution < 1.29 is 13.9 Å². The fourth-order valence-electron chi connectivity index (χ4n) is 2.35. The average Bonchev–Trinajstić information content (AvgIpc) is 2.56. The van der Waals surface area contributed by atoms with Gasteiger partial charge in [0.15, 0.2) is 0 Å². The van der Waals surface area contributed by atoms with Crippen molar-refractivity contribution in [2.75, 3.05) is 36.5 Å². The number of morpholine rings is 1. The molecule has 114 valence electrons. The van der Waals surface area contributed by atoms with Gasteiger partial charge >= 0.3 is 0 Å². The molecular weight excluding hydrogens is 285 g/mol. The van der Waals surface area contributed by atoms with E-state index in [1.165, 1.54) is 12.3 Å². The van der Waals surface area contributed by atoms with Crippen molar-refractivity contribution in [3.8, 4) is 0 Å². The summed E-state index contributed by atoms with van der Waals surface area (Å²) in [5.74, 6) is -0.669. The third kappa shape index (κ3) is 3.23. The number of amides is 1. The van der Waals surface area contributed by atoms with Crippen LogP contribution in [0.3, 0.4) is 0 Å². The maximum absolute atomic E-state index is 14.2. The van der Waals surface area contributed by atoms with Gasteiger partial charge in [0.1, 0.15) is 5.82 Å². The first-order valence-corrected chi connectivity index (χ1v) is 7.07. The summed E-state index contributed by atoms with van der Waals surface area (Å²) < 4.78 is 19.5. The molecule has 1 aromatic carbocycles. The molecule has 1 fully saturated rings. The number of hydrogen-bond donors (Lipinski definition) is 1. The summed E-state index contributed by atoms with van der Waals surface area (Å²) in [6, 6.07) is 8.04. The van der Waals surface area contributed by atoms with Gasteiger partial charge in [-0.15, -0.1) is 0 Å². The first kappa shape index (κ1) is 14.5. The molecule has 0 bridgehead atoms. The highest BCUT2D eigenvalue weighted by molar-refractivity contribution is 6.04. The molecule has 6 heteroatoms. The minimum absolute atomic E-state index is 0.313. The topological polar surface area (TPSA) is 54.5 Å². The van der Waals surface area contributed by atoms with E-state index in [2.05, 4.69) is 10.3 Å². The summed E-state index contributed by atoms with van der Waals surface area (Å²) in [6.45, 7) is 2.52. The lowest BCUT2D eigenvalue weighted by molar-refractivity contribution is 0.102. The number of benzene rings is 1. The van der Waals surface area contributed by atoms with Crippen molar-refractivity contribution >= 4 is 17.3 Å². The summed E-state index contributed by atoms with van der Waals surface area (Å²) in [7, 11) is 0. The minimum atomic E-state index is -0.356. The number of rotatable bonds is 3. The van der Waals surface area contributed by atoms with Crippen molar-refractivity contribution in [2.24, 2.45) is 0 Å². The molecule has 1 saturated heterocycles. The quantitative estimate of drug-likeness (QED) is 0.945. The van der Waals surface area contributed by atoms with Crippen LogP contribution in [0.4, 0.5) is 15.8 Å². The van der Waals surface area contributed by atoms with Crippen LogP contribution in [0, 0.1) is 5.82 Å². The van der Waals surface area contributed by atoms with Crippen LogP contribution in [0.5, 0.6) is 0 Å². The molecule has 2 aromatic rings. The highest BCUT2D eigenvalue weighted by Crippen LogP contribution is 2.24. The van der Waals surface area contributed by atoms with E-state index in [0.717, 1.165) is 0 Å². The monoisotopic (exact) mass is 301 g/mol. The molecule has 1 aromatic heterocycles. The van der Waals surface area contributed by atoms with Gasteiger partial charge in [-0.1, -0.05) is 0 Å². The molecule has 0 radical (unpaired) electrons. The predicted octanol–water partition coefficient (Wildman–Crippen LogP) is 2.31. The second kappa shape index (κ2) is 6.53. The van der Waals surface area contributed by atoms with Crippen LogP contribution in [-0.2, 0) is 4.74 Å². The van der Waals surface area contributed by atoms with Gasteiger partial charge in [-0.2, -0.15) is 0 Å². The lowest BCUT2D eigenvalue weighted by Crippen LogP contribution is -2.36. The second-order valence-electron chi connectivity index (χ2n) is 4.96. The van der Waals surface area contributed by atoms with Crippen molar-refractivity contribution in [3.63, 3.8) is 0 Å². The van der Waals surface area contributed by atoms with E-state index in [1.807, 2.05) is 4.90 Å².